The summed E-state index contributed by atoms with van der Waals surface area (Å²) in [7, 11) is 0. The normalized spacial score (nSPS) is 10.9. The second-order valence-electron chi connectivity index (χ2n) is 6.98. The molecular formula is C26H23BrN2O3. The lowest BCUT2D eigenvalue weighted by molar-refractivity contribution is -0.112. The Morgan fingerprint density at radius 2 is 1.81 bits per heavy atom. The number of carbonyl (C=O) groups excluding carboxylic acids is 1. The van der Waals surface area contributed by atoms with Gasteiger partial charge in [-0.05, 0) is 70.7 Å². The first-order valence-electron chi connectivity index (χ1n) is 10.1. The number of anilines is 1. The quantitative estimate of drug-likeness (QED) is 0.297. The highest BCUT2D eigenvalue weighted by atomic mass is 79.9. The third-order valence-electron chi connectivity index (χ3n) is 4.63. The van der Waals surface area contributed by atoms with Crippen LogP contribution in [0.4, 0.5) is 5.69 Å². The Hall–Kier alpha value is -3.56. The average molecular weight is 491 g/mol. The summed E-state index contributed by atoms with van der Waals surface area (Å²) in [6, 6.07) is 22.8. The smallest absolute Gasteiger partial charge is 0.266 e. The van der Waals surface area contributed by atoms with Gasteiger partial charge in [0.2, 0.25) is 0 Å². The third kappa shape index (κ3) is 5.99. The molecule has 32 heavy (non-hydrogen) atoms. The van der Waals surface area contributed by atoms with Gasteiger partial charge in [0.05, 0.1) is 11.1 Å². The van der Waals surface area contributed by atoms with E-state index in [0.717, 1.165) is 11.1 Å². The fraction of sp³-hybridized carbons (Fsp3) is 0.154. The molecule has 0 spiro atoms. The van der Waals surface area contributed by atoms with Crippen molar-refractivity contribution in [2.75, 3.05) is 11.9 Å². The molecular weight excluding hydrogens is 468 g/mol. The van der Waals surface area contributed by atoms with E-state index in [-0.39, 0.29) is 5.57 Å². The van der Waals surface area contributed by atoms with E-state index in [0.29, 0.717) is 40.4 Å². The highest BCUT2D eigenvalue weighted by Crippen LogP contribution is 2.38. The fourth-order valence-corrected chi connectivity index (χ4v) is 3.60. The van der Waals surface area contributed by atoms with Crippen LogP contribution in [0, 0.1) is 18.3 Å². The molecule has 3 aromatic rings. The van der Waals surface area contributed by atoms with Crippen molar-refractivity contribution in [3.8, 4) is 17.6 Å². The lowest BCUT2D eigenvalue weighted by atomic mass is 10.1. The molecule has 0 aliphatic rings. The number of hydrogen-bond acceptors (Lipinski definition) is 4. The van der Waals surface area contributed by atoms with Crippen LogP contribution in [0.15, 0.2) is 76.8 Å². The number of rotatable bonds is 8. The largest absolute Gasteiger partial charge is 0.490 e. The van der Waals surface area contributed by atoms with Gasteiger partial charge in [0.1, 0.15) is 18.2 Å². The highest BCUT2D eigenvalue weighted by molar-refractivity contribution is 9.10. The summed E-state index contributed by atoms with van der Waals surface area (Å²) < 4.78 is 12.4. The molecule has 0 saturated heterocycles. The number of carbonyl (C=O) groups is 1. The number of ether oxygens (including phenoxy) is 2. The Kier molecular flexibility index (Phi) is 8.07. The van der Waals surface area contributed by atoms with Crippen LogP contribution in [-0.4, -0.2) is 12.5 Å². The lowest BCUT2D eigenvalue weighted by Gasteiger charge is -2.15. The van der Waals surface area contributed by atoms with Crippen molar-refractivity contribution in [1.82, 2.24) is 0 Å². The van der Waals surface area contributed by atoms with E-state index in [9.17, 15) is 10.1 Å². The van der Waals surface area contributed by atoms with Crippen LogP contribution in [0.5, 0.6) is 11.5 Å². The number of benzene rings is 3. The van der Waals surface area contributed by atoms with Gasteiger partial charge in [0.15, 0.2) is 11.5 Å². The van der Waals surface area contributed by atoms with E-state index in [1.807, 2.05) is 68.4 Å². The van der Waals surface area contributed by atoms with E-state index in [1.165, 1.54) is 6.08 Å². The van der Waals surface area contributed by atoms with E-state index >= 15 is 0 Å². The van der Waals surface area contributed by atoms with Gasteiger partial charge in [-0.1, -0.05) is 48.5 Å². The van der Waals surface area contributed by atoms with Crippen molar-refractivity contribution in [3.05, 3.63) is 93.5 Å². The maximum Gasteiger partial charge on any atom is 0.266 e. The molecule has 0 bridgehead atoms. The van der Waals surface area contributed by atoms with Gasteiger partial charge in [-0.2, -0.15) is 5.26 Å². The molecule has 1 amide bonds. The number of nitriles is 1. The summed E-state index contributed by atoms with van der Waals surface area (Å²) in [5.74, 6) is 0.622. The highest BCUT2D eigenvalue weighted by Gasteiger charge is 2.15. The SMILES string of the molecule is CCOc1cc(/C=C(/C#N)C(=O)Nc2ccccc2C)cc(Br)c1OCc1ccccc1. The number of hydrogen-bond donors (Lipinski definition) is 1. The number of amides is 1. The van der Waals surface area contributed by atoms with Gasteiger partial charge in [0.25, 0.3) is 5.91 Å². The Bertz CT molecular complexity index is 1170. The van der Waals surface area contributed by atoms with Gasteiger partial charge < -0.3 is 14.8 Å². The molecule has 0 aliphatic carbocycles. The van der Waals surface area contributed by atoms with Crippen LogP contribution in [-0.2, 0) is 11.4 Å². The van der Waals surface area contributed by atoms with E-state index in [2.05, 4.69) is 21.2 Å². The molecule has 5 nitrogen and oxygen atoms in total. The molecule has 0 unspecified atom stereocenters. The Labute approximate surface area is 196 Å². The first-order valence-corrected chi connectivity index (χ1v) is 10.9. The van der Waals surface area contributed by atoms with E-state index in [4.69, 9.17) is 9.47 Å². The number of halogens is 1. The first kappa shape index (κ1) is 23.1. The van der Waals surface area contributed by atoms with Gasteiger partial charge in [0, 0.05) is 5.69 Å². The standard InChI is InChI=1S/C26H23BrN2O3/c1-3-31-24-15-20(14-22(27)25(24)32-17-19-10-5-4-6-11-19)13-21(16-28)26(30)29-23-12-8-7-9-18(23)2/h4-15H,3,17H2,1-2H3,(H,29,30)/b21-13-. The second kappa shape index (κ2) is 11.2. The van der Waals surface area contributed by atoms with E-state index in [1.54, 1.807) is 18.2 Å². The van der Waals surface area contributed by atoms with Crippen LogP contribution >= 0.6 is 15.9 Å². The average Bonchev–Trinajstić information content (AvgIpc) is 2.79. The zero-order chi connectivity index (χ0) is 22.9. The van der Waals surface area contributed by atoms with Crippen molar-refractivity contribution in [2.24, 2.45) is 0 Å². The van der Waals surface area contributed by atoms with Crippen LogP contribution in [0.3, 0.4) is 0 Å². The van der Waals surface area contributed by atoms with Crippen LogP contribution in [0.25, 0.3) is 6.08 Å². The minimum atomic E-state index is -0.472. The summed E-state index contributed by atoms with van der Waals surface area (Å²) >= 11 is 3.54. The Balaban J connectivity index is 1.86. The summed E-state index contributed by atoms with van der Waals surface area (Å²) in [5.41, 5.74) is 3.24. The summed E-state index contributed by atoms with van der Waals surface area (Å²) in [5, 5.41) is 12.4. The summed E-state index contributed by atoms with van der Waals surface area (Å²) in [6.07, 6.45) is 1.53. The van der Waals surface area contributed by atoms with Gasteiger partial charge in [-0.15, -0.1) is 0 Å². The fourth-order valence-electron chi connectivity index (χ4n) is 3.02. The van der Waals surface area contributed by atoms with Crippen molar-refractivity contribution in [1.29, 1.82) is 5.26 Å². The molecule has 3 aromatic carbocycles. The zero-order valence-electron chi connectivity index (χ0n) is 17.9. The van der Waals surface area contributed by atoms with E-state index < -0.39 is 5.91 Å². The number of nitrogens with one attached hydrogen (secondary N) is 1. The minimum Gasteiger partial charge on any atom is -0.490 e. The Morgan fingerprint density at radius 1 is 1.09 bits per heavy atom. The number of para-hydroxylation sites is 1. The van der Waals surface area contributed by atoms with Crippen molar-refractivity contribution >= 4 is 33.6 Å². The van der Waals surface area contributed by atoms with Crippen molar-refractivity contribution in [2.45, 2.75) is 20.5 Å². The number of nitrogens with zero attached hydrogens (tertiary/aromatic N) is 1. The zero-order valence-corrected chi connectivity index (χ0v) is 19.5. The van der Waals surface area contributed by atoms with Crippen molar-refractivity contribution < 1.29 is 14.3 Å². The topological polar surface area (TPSA) is 71.3 Å². The monoisotopic (exact) mass is 490 g/mol. The number of aryl methyl sites for hydroxylation is 1. The lowest BCUT2D eigenvalue weighted by Crippen LogP contribution is -2.14. The van der Waals surface area contributed by atoms with Crippen LogP contribution in [0.2, 0.25) is 0 Å². The molecule has 0 saturated carbocycles. The third-order valence-corrected chi connectivity index (χ3v) is 5.22. The molecule has 0 heterocycles. The summed E-state index contributed by atoms with van der Waals surface area (Å²) in [6.45, 7) is 4.61. The Morgan fingerprint density at radius 3 is 2.50 bits per heavy atom. The predicted molar refractivity (Wildman–Crippen MR) is 129 cm³/mol. The van der Waals surface area contributed by atoms with Crippen LogP contribution in [0.1, 0.15) is 23.6 Å². The maximum absolute atomic E-state index is 12.7. The molecule has 1 N–H and O–H groups in total. The van der Waals surface area contributed by atoms with Gasteiger partial charge in [-0.3, -0.25) is 4.79 Å². The second-order valence-corrected chi connectivity index (χ2v) is 7.83. The molecule has 0 aliphatic heterocycles. The predicted octanol–water partition coefficient (Wildman–Crippen LogP) is 6.28. The summed E-state index contributed by atoms with van der Waals surface area (Å²) in [4.78, 5) is 12.7. The maximum atomic E-state index is 12.7. The van der Waals surface area contributed by atoms with Crippen LogP contribution < -0.4 is 14.8 Å². The molecule has 3 rings (SSSR count). The molecule has 0 atom stereocenters. The molecule has 6 heteroatoms. The van der Waals surface area contributed by atoms with Gasteiger partial charge in [-0.25, -0.2) is 0 Å². The first-order chi connectivity index (χ1) is 15.5. The minimum absolute atomic E-state index is 0.0134. The molecule has 162 valence electrons. The van der Waals surface area contributed by atoms with Crippen molar-refractivity contribution in [3.63, 3.8) is 0 Å². The molecule has 0 radical (unpaired) electrons. The van der Waals surface area contributed by atoms with Gasteiger partial charge >= 0.3 is 0 Å². The molecule has 0 fully saturated rings. The molecule has 0 aromatic heterocycles.